The summed E-state index contributed by atoms with van der Waals surface area (Å²) in [5.74, 6) is 0. The predicted octanol–water partition coefficient (Wildman–Crippen LogP) is 1.75. The summed E-state index contributed by atoms with van der Waals surface area (Å²) in [6.07, 6.45) is 0.0798. The smallest absolute Gasteiger partial charge is 0.261 e. The quantitative estimate of drug-likeness (QED) is 0.637. The van der Waals surface area contributed by atoms with Crippen LogP contribution in [0.5, 0.6) is 0 Å². The van der Waals surface area contributed by atoms with E-state index in [0.29, 0.717) is 0 Å². The van der Waals surface area contributed by atoms with Crippen molar-refractivity contribution in [1.29, 1.82) is 0 Å². The van der Waals surface area contributed by atoms with Crippen molar-refractivity contribution < 1.29 is 13.5 Å². The van der Waals surface area contributed by atoms with Gasteiger partial charge < -0.3 is 4.74 Å². The maximum Gasteiger partial charge on any atom is 0.261 e. The van der Waals surface area contributed by atoms with Crippen molar-refractivity contribution in [2.24, 2.45) is 0 Å². The lowest BCUT2D eigenvalue weighted by Crippen LogP contribution is -2.52. The standard InChI is InChI=1S/C9H17F2NO/c1-2-3-4-12-5-8(6-12)13-7-9(10)11/h8-9H,2-7H2,1H3. The molecule has 0 aromatic heterocycles. The largest absolute Gasteiger partial charge is 0.370 e. The molecule has 78 valence electrons. The Hall–Kier alpha value is -0.220. The third-order valence-electron chi connectivity index (χ3n) is 2.21. The van der Waals surface area contributed by atoms with Gasteiger partial charge in [0.15, 0.2) is 0 Å². The zero-order chi connectivity index (χ0) is 9.68. The van der Waals surface area contributed by atoms with Crippen LogP contribution in [0.15, 0.2) is 0 Å². The van der Waals surface area contributed by atoms with Gasteiger partial charge in [-0.1, -0.05) is 13.3 Å². The highest BCUT2D eigenvalue weighted by Crippen LogP contribution is 2.13. The number of hydrogen-bond donors (Lipinski definition) is 0. The zero-order valence-electron chi connectivity index (χ0n) is 8.01. The fourth-order valence-electron chi connectivity index (χ4n) is 1.40. The van der Waals surface area contributed by atoms with Crippen LogP contribution in [0, 0.1) is 0 Å². The maximum atomic E-state index is 11.7. The van der Waals surface area contributed by atoms with Crippen molar-refractivity contribution in [2.45, 2.75) is 32.3 Å². The van der Waals surface area contributed by atoms with Crippen molar-refractivity contribution in [3.05, 3.63) is 0 Å². The third-order valence-corrected chi connectivity index (χ3v) is 2.21. The summed E-state index contributed by atoms with van der Waals surface area (Å²) in [6.45, 7) is 4.46. The summed E-state index contributed by atoms with van der Waals surface area (Å²) >= 11 is 0. The molecule has 1 saturated heterocycles. The summed E-state index contributed by atoms with van der Waals surface area (Å²) < 4.78 is 28.4. The van der Waals surface area contributed by atoms with E-state index in [1.165, 1.54) is 12.8 Å². The third kappa shape index (κ3) is 4.00. The number of likely N-dealkylation sites (tertiary alicyclic amines) is 1. The average molecular weight is 193 g/mol. The molecule has 0 aromatic carbocycles. The number of halogens is 2. The van der Waals surface area contributed by atoms with E-state index < -0.39 is 13.0 Å². The van der Waals surface area contributed by atoms with E-state index in [1.807, 2.05) is 0 Å². The molecule has 1 aliphatic heterocycles. The molecule has 0 saturated carbocycles. The highest BCUT2D eigenvalue weighted by atomic mass is 19.3. The minimum Gasteiger partial charge on any atom is -0.370 e. The normalized spacial score (nSPS) is 19.4. The number of unbranched alkanes of at least 4 members (excludes halogenated alkanes) is 1. The van der Waals surface area contributed by atoms with Crippen LogP contribution in [0.25, 0.3) is 0 Å². The molecule has 0 aliphatic carbocycles. The van der Waals surface area contributed by atoms with Crippen LogP contribution in [0.2, 0.25) is 0 Å². The Balaban J connectivity index is 1.92. The fraction of sp³-hybridized carbons (Fsp3) is 1.00. The zero-order valence-corrected chi connectivity index (χ0v) is 8.01. The van der Waals surface area contributed by atoms with Crippen LogP contribution in [0.1, 0.15) is 19.8 Å². The molecule has 0 spiro atoms. The van der Waals surface area contributed by atoms with E-state index in [-0.39, 0.29) is 6.10 Å². The molecule has 0 unspecified atom stereocenters. The number of nitrogens with zero attached hydrogens (tertiary/aromatic N) is 1. The molecule has 2 nitrogen and oxygen atoms in total. The van der Waals surface area contributed by atoms with Crippen molar-refractivity contribution in [1.82, 2.24) is 4.90 Å². The number of alkyl halides is 2. The molecule has 1 fully saturated rings. The van der Waals surface area contributed by atoms with Gasteiger partial charge in [-0.2, -0.15) is 0 Å². The second-order valence-electron chi connectivity index (χ2n) is 3.46. The molecule has 0 bridgehead atoms. The molecule has 0 amide bonds. The molecule has 0 radical (unpaired) electrons. The van der Waals surface area contributed by atoms with E-state index in [9.17, 15) is 8.78 Å². The Kier molecular flexibility index (Phi) is 4.59. The van der Waals surface area contributed by atoms with E-state index in [2.05, 4.69) is 11.8 Å². The van der Waals surface area contributed by atoms with Gasteiger partial charge in [0.25, 0.3) is 6.43 Å². The highest BCUT2D eigenvalue weighted by Gasteiger charge is 2.27. The molecule has 4 heteroatoms. The molecular weight excluding hydrogens is 176 g/mol. The number of hydrogen-bond acceptors (Lipinski definition) is 2. The molecule has 0 atom stereocenters. The first-order chi connectivity index (χ1) is 6.22. The Labute approximate surface area is 77.9 Å². The van der Waals surface area contributed by atoms with Gasteiger partial charge in [-0.15, -0.1) is 0 Å². The molecule has 13 heavy (non-hydrogen) atoms. The lowest BCUT2D eigenvalue weighted by Gasteiger charge is -2.38. The monoisotopic (exact) mass is 193 g/mol. The maximum absolute atomic E-state index is 11.7. The SMILES string of the molecule is CCCCN1CC(OCC(F)F)C1. The first kappa shape index (κ1) is 10.9. The molecule has 1 aliphatic rings. The van der Waals surface area contributed by atoms with Gasteiger partial charge in [0.2, 0.25) is 0 Å². The van der Waals surface area contributed by atoms with Gasteiger partial charge in [-0.25, -0.2) is 8.78 Å². The Morgan fingerprint density at radius 1 is 1.46 bits per heavy atom. The van der Waals surface area contributed by atoms with Crippen LogP contribution < -0.4 is 0 Å². The first-order valence-electron chi connectivity index (χ1n) is 4.84. The van der Waals surface area contributed by atoms with E-state index >= 15 is 0 Å². The summed E-state index contributed by atoms with van der Waals surface area (Å²) in [5, 5.41) is 0. The minimum absolute atomic E-state index is 0.0471. The molecule has 0 N–H and O–H groups in total. The van der Waals surface area contributed by atoms with Crippen molar-refractivity contribution >= 4 is 0 Å². The van der Waals surface area contributed by atoms with Gasteiger partial charge in [0.05, 0.1) is 6.10 Å². The lowest BCUT2D eigenvalue weighted by atomic mass is 10.1. The average Bonchev–Trinajstić information content (AvgIpc) is 2.00. The first-order valence-corrected chi connectivity index (χ1v) is 4.84. The second kappa shape index (κ2) is 5.50. The number of ether oxygens (including phenoxy) is 1. The topological polar surface area (TPSA) is 12.5 Å². The van der Waals surface area contributed by atoms with Crippen LogP contribution in [0.4, 0.5) is 8.78 Å². The van der Waals surface area contributed by atoms with Gasteiger partial charge in [-0.3, -0.25) is 4.90 Å². The Morgan fingerprint density at radius 2 is 2.15 bits per heavy atom. The summed E-state index contributed by atoms with van der Waals surface area (Å²) in [5.41, 5.74) is 0. The van der Waals surface area contributed by atoms with E-state index in [1.54, 1.807) is 0 Å². The molecule has 1 rings (SSSR count). The van der Waals surface area contributed by atoms with Gasteiger partial charge in [-0.05, 0) is 13.0 Å². The van der Waals surface area contributed by atoms with E-state index in [0.717, 1.165) is 19.6 Å². The molecule has 1 heterocycles. The Morgan fingerprint density at radius 3 is 2.69 bits per heavy atom. The summed E-state index contributed by atoms with van der Waals surface area (Å²) in [4.78, 5) is 2.24. The fourth-order valence-corrected chi connectivity index (χ4v) is 1.40. The number of rotatable bonds is 6. The summed E-state index contributed by atoms with van der Waals surface area (Å²) in [7, 11) is 0. The van der Waals surface area contributed by atoms with Gasteiger partial charge in [0, 0.05) is 13.1 Å². The highest BCUT2D eigenvalue weighted by molar-refractivity contribution is 4.80. The molecule has 0 aromatic rings. The van der Waals surface area contributed by atoms with Gasteiger partial charge in [0.1, 0.15) is 6.61 Å². The van der Waals surface area contributed by atoms with Crippen molar-refractivity contribution in [2.75, 3.05) is 26.2 Å². The second-order valence-corrected chi connectivity index (χ2v) is 3.46. The predicted molar refractivity (Wildman–Crippen MR) is 47.1 cm³/mol. The van der Waals surface area contributed by atoms with Crippen LogP contribution in [0.3, 0.4) is 0 Å². The van der Waals surface area contributed by atoms with Crippen LogP contribution in [-0.4, -0.2) is 43.7 Å². The minimum atomic E-state index is -2.33. The lowest BCUT2D eigenvalue weighted by molar-refractivity contribution is -0.0880. The Bertz CT molecular complexity index is 138. The summed E-state index contributed by atoms with van der Waals surface area (Å²) in [6, 6.07) is 0. The van der Waals surface area contributed by atoms with Crippen molar-refractivity contribution in [3.8, 4) is 0 Å². The van der Waals surface area contributed by atoms with E-state index in [4.69, 9.17) is 4.74 Å². The van der Waals surface area contributed by atoms with Crippen molar-refractivity contribution in [3.63, 3.8) is 0 Å². The molecular formula is C9H17F2NO. The van der Waals surface area contributed by atoms with Crippen LogP contribution in [-0.2, 0) is 4.74 Å². The van der Waals surface area contributed by atoms with Gasteiger partial charge >= 0.3 is 0 Å². The van der Waals surface area contributed by atoms with Crippen LogP contribution >= 0.6 is 0 Å².